The average Bonchev–Trinajstić information content (AvgIpc) is 3.74. The third kappa shape index (κ3) is 8.05. The molecular formula is C35H47N5O6. The van der Waals surface area contributed by atoms with Gasteiger partial charge in [-0.15, -0.1) is 0 Å². The zero-order valence-electron chi connectivity index (χ0n) is 27.7. The number of amides is 5. The Morgan fingerprint density at radius 2 is 1.11 bits per heavy atom. The Kier molecular flexibility index (Phi) is 11.4. The van der Waals surface area contributed by atoms with Crippen molar-refractivity contribution in [3.05, 3.63) is 48.5 Å². The van der Waals surface area contributed by atoms with Crippen LogP contribution in [0.3, 0.4) is 0 Å². The van der Waals surface area contributed by atoms with E-state index in [0.29, 0.717) is 43.7 Å². The Hall–Kier alpha value is -4.41. The lowest BCUT2D eigenvalue weighted by molar-refractivity contribution is -0.140. The molecule has 0 saturated carbocycles. The number of rotatable bonds is 10. The minimum Gasteiger partial charge on any atom is -0.453 e. The minimum atomic E-state index is -0.792. The van der Waals surface area contributed by atoms with Gasteiger partial charge in [0, 0.05) is 30.4 Å². The van der Waals surface area contributed by atoms with Crippen LogP contribution in [0.25, 0.3) is 11.1 Å². The molecule has 0 unspecified atom stereocenters. The van der Waals surface area contributed by atoms with E-state index < -0.39 is 24.2 Å². The normalized spacial score (nSPS) is 19.1. The number of carbonyl (C=O) groups is 5. The summed E-state index contributed by atoms with van der Waals surface area (Å²) in [5.74, 6) is -0.818. The van der Waals surface area contributed by atoms with Crippen LogP contribution in [0.4, 0.5) is 16.2 Å². The van der Waals surface area contributed by atoms with Gasteiger partial charge in [0.15, 0.2) is 0 Å². The molecule has 5 amide bonds. The van der Waals surface area contributed by atoms with Gasteiger partial charge in [-0.3, -0.25) is 19.2 Å². The SMILES string of the molecule is COC(=O)N[C@H](C(=O)N1CCC[C@H]1C(=O)Nc1ccc(-c2ccc(NC(=O)[C@@H]3CCCN3C(=O)[C@@H](C)C(C)C)cc2)cc1)C(C)C. The summed E-state index contributed by atoms with van der Waals surface area (Å²) in [5.41, 5.74) is 3.13. The van der Waals surface area contributed by atoms with E-state index in [2.05, 4.69) is 20.7 Å². The van der Waals surface area contributed by atoms with Crippen LogP contribution in [0.1, 0.15) is 60.3 Å². The predicted octanol–water partition coefficient (Wildman–Crippen LogP) is 4.89. The van der Waals surface area contributed by atoms with E-state index >= 15 is 0 Å². The number of anilines is 2. The molecule has 2 saturated heterocycles. The summed E-state index contributed by atoms with van der Waals surface area (Å²) in [6.07, 6.45) is 2.01. The third-order valence-corrected chi connectivity index (χ3v) is 9.10. The molecule has 46 heavy (non-hydrogen) atoms. The van der Waals surface area contributed by atoms with Crippen LogP contribution in [0.15, 0.2) is 48.5 Å². The summed E-state index contributed by atoms with van der Waals surface area (Å²) in [5, 5.41) is 8.50. The topological polar surface area (TPSA) is 137 Å². The smallest absolute Gasteiger partial charge is 0.407 e. The predicted molar refractivity (Wildman–Crippen MR) is 177 cm³/mol. The molecule has 2 heterocycles. The van der Waals surface area contributed by atoms with Gasteiger partial charge in [0.25, 0.3) is 0 Å². The van der Waals surface area contributed by atoms with E-state index in [1.807, 2.05) is 83.1 Å². The highest BCUT2D eigenvalue weighted by molar-refractivity contribution is 5.99. The molecule has 0 aromatic heterocycles. The summed E-state index contributed by atoms with van der Waals surface area (Å²) in [6, 6.07) is 13.0. The molecule has 4 rings (SSSR count). The van der Waals surface area contributed by atoms with Crippen molar-refractivity contribution in [1.82, 2.24) is 15.1 Å². The minimum absolute atomic E-state index is 0.0318. The zero-order valence-corrected chi connectivity index (χ0v) is 27.7. The van der Waals surface area contributed by atoms with Crippen molar-refractivity contribution in [1.29, 1.82) is 0 Å². The summed E-state index contributed by atoms with van der Waals surface area (Å²) in [7, 11) is 1.24. The molecule has 0 bridgehead atoms. The number of hydrogen-bond donors (Lipinski definition) is 3. The zero-order chi connectivity index (χ0) is 33.5. The maximum Gasteiger partial charge on any atom is 0.407 e. The van der Waals surface area contributed by atoms with Crippen molar-refractivity contribution in [3.63, 3.8) is 0 Å². The molecule has 2 aliphatic heterocycles. The largest absolute Gasteiger partial charge is 0.453 e. The summed E-state index contributed by atoms with van der Waals surface area (Å²) >= 11 is 0. The fourth-order valence-electron chi connectivity index (χ4n) is 5.97. The molecule has 11 heteroatoms. The summed E-state index contributed by atoms with van der Waals surface area (Å²) < 4.78 is 4.67. The quantitative estimate of drug-likeness (QED) is 0.341. The third-order valence-electron chi connectivity index (χ3n) is 9.10. The number of nitrogens with zero attached hydrogens (tertiary/aromatic N) is 2. The Morgan fingerprint density at radius 3 is 1.50 bits per heavy atom. The van der Waals surface area contributed by atoms with Crippen molar-refractivity contribution in [3.8, 4) is 11.1 Å². The van der Waals surface area contributed by atoms with E-state index in [1.165, 1.54) is 7.11 Å². The second-order valence-electron chi connectivity index (χ2n) is 12.9. The van der Waals surface area contributed by atoms with Crippen molar-refractivity contribution in [2.24, 2.45) is 17.8 Å². The van der Waals surface area contributed by atoms with Crippen LogP contribution >= 0.6 is 0 Å². The van der Waals surface area contributed by atoms with E-state index in [9.17, 15) is 24.0 Å². The maximum absolute atomic E-state index is 13.3. The van der Waals surface area contributed by atoms with Gasteiger partial charge in [0.2, 0.25) is 23.6 Å². The molecule has 0 spiro atoms. The second kappa shape index (κ2) is 15.2. The number of nitrogens with one attached hydrogen (secondary N) is 3. The van der Waals surface area contributed by atoms with Gasteiger partial charge in [-0.05, 0) is 72.9 Å². The number of alkyl carbamates (subject to hydrolysis) is 1. The first-order valence-electron chi connectivity index (χ1n) is 16.2. The first kappa shape index (κ1) is 34.5. The molecule has 248 valence electrons. The highest BCUT2D eigenvalue weighted by atomic mass is 16.5. The standard InChI is InChI=1S/C35H47N5O6/c1-21(2)23(5)33(43)39-19-7-9-28(39)31(41)36-26-15-11-24(12-16-26)25-13-17-27(18-14-25)37-32(42)29-10-8-20-40(29)34(44)30(22(3)4)38-35(45)46-6/h11-18,21-23,28-30H,7-10,19-20H2,1-6H3,(H,36,41)(H,37,42)(H,38,45)/t23-,28-,29-,30-/m0/s1. The first-order valence-corrected chi connectivity index (χ1v) is 16.2. The Balaban J connectivity index is 1.35. The van der Waals surface area contributed by atoms with Crippen molar-refractivity contribution < 1.29 is 28.7 Å². The van der Waals surface area contributed by atoms with Crippen molar-refractivity contribution in [2.75, 3.05) is 30.8 Å². The van der Waals surface area contributed by atoms with E-state index in [4.69, 9.17) is 0 Å². The molecule has 2 aromatic carbocycles. The molecule has 2 aromatic rings. The van der Waals surface area contributed by atoms with Crippen molar-refractivity contribution in [2.45, 2.75) is 78.4 Å². The van der Waals surface area contributed by atoms with Crippen LogP contribution in [0.2, 0.25) is 0 Å². The Labute approximate surface area is 271 Å². The number of ether oxygens (including phenoxy) is 1. The highest BCUT2D eigenvalue weighted by Crippen LogP contribution is 2.27. The number of hydrogen-bond acceptors (Lipinski definition) is 6. The van der Waals surface area contributed by atoms with Gasteiger partial charge >= 0.3 is 6.09 Å². The van der Waals surface area contributed by atoms with E-state index in [-0.39, 0.29) is 41.4 Å². The summed E-state index contributed by atoms with van der Waals surface area (Å²) in [6.45, 7) is 10.7. The van der Waals surface area contributed by atoms with E-state index in [0.717, 1.165) is 17.5 Å². The fraction of sp³-hybridized carbons (Fsp3) is 0.514. The molecule has 2 fully saturated rings. The highest BCUT2D eigenvalue weighted by Gasteiger charge is 2.39. The number of carbonyl (C=O) groups excluding carboxylic acids is 5. The number of methoxy groups -OCH3 is 1. The molecule has 0 radical (unpaired) electrons. The lowest BCUT2D eigenvalue weighted by Crippen LogP contribution is -2.54. The number of likely N-dealkylation sites (tertiary alicyclic amines) is 2. The second-order valence-corrected chi connectivity index (χ2v) is 12.9. The van der Waals surface area contributed by atoms with Crippen LogP contribution < -0.4 is 16.0 Å². The van der Waals surface area contributed by atoms with Crippen LogP contribution in [-0.2, 0) is 23.9 Å². The average molecular weight is 634 g/mol. The lowest BCUT2D eigenvalue weighted by Gasteiger charge is -2.30. The molecule has 11 nitrogen and oxygen atoms in total. The number of benzene rings is 2. The van der Waals surface area contributed by atoms with Gasteiger partial charge in [-0.1, -0.05) is 58.9 Å². The van der Waals surface area contributed by atoms with Crippen LogP contribution in [0.5, 0.6) is 0 Å². The maximum atomic E-state index is 13.3. The van der Waals surface area contributed by atoms with E-state index in [1.54, 1.807) is 9.80 Å². The Morgan fingerprint density at radius 1 is 0.674 bits per heavy atom. The van der Waals surface area contributed by atoms with Gasteiger partial charge in [0.05, 0.1) is 7.11 Å². The molecule has 4 atom stereocenters. The first-order chi connectivity index (χ1) is 21.9. The van der Waals surface area contributed by atoms with Gasteiger partial charge < -0.3 is 30.5 Å². The van der Waals surface area contributed by atoms with Crippen molar-refractivity contribution >= 4 is 41.1 Å². The van der Waals surface area contributed by atoms with Gasteiger partial charge in [-0.25, -0.2) is 4.79 Å². The monoisotopic (exact) mass is 633 g/mol. The Bertz CT molecular complexity index is 1410. The van der Waals surface area contributed by atoms with Gasteiger partial charge in [-0.2, -0.15) is 0 Å². The van der Waals surface area contributed by atoms with Gasteiger partial charge in [0.1, 0.15) is 18.1 Å². The van der Waals surface area contributed by atoms with Crippen LogP contribution in [-0.4, -0.2) is 77.8 Å². The molecule has 0 aliphatic carbocycles. The molecule has 3 N–H and O–H groups in total. The van der Waals surface area contributed by atoms with Crippen LogP contribution in [0, 0.1) is 17.8 Å². The lowest BCUT2D eigenvalue weighted by atomic mass is 9.96. The summed E-state index contributed by atoms with van der Waals surface area (Å²) in [4.78, 5) is 67.6. The molecule has 2 aliphatic rings. The molecular weight excluding hydrogens is 586 g/mol. The fourth-order valence-corrected chi connectivity index (χ4v) is 5.97.